The lowest BCUT2D eigenvalue weighted by Crippen LogP contribution is -2.41. The Kier molecular flexibility index (Phi) is 6.07. The summed E-state index contributed by atoms with van der Waals surface area (Å²) in [7, 11) is 0. The van der Waals surface area contributed by atoms with E-state index >= 15 is 0 Å². The number of nitrogens with two attached hydrogens (primary N) is 2. The zero-order valence-corrected chi connectivity index (χ0v) is 8.97. The molecule has 0 saturated heterocycles. The van der Waals surface area contributed by atoms with Crippen molar-refractivity contribution in [3.63, 3.8) is 0 Å². The molecule has 5 N–H and O–H groups in total. The van der Waals surface area contributed by atoms with Crippen molar-refractivity contribution in [2.75, 3.05) is 6.61 Å². The van der Waals surface area contributed by atoms with Gasteiger partial charge in [-0.1, -0.05) is 13.8 Å². The number of ether oxygens (including phenoxy) is 1. The summed E-state index contributed by atoms with van der Waals surface area (Å²) >= 11 is 0. The van der Waals surface area contributed by atoms with E-state index in [1.165, 1.54) is 0 Å². The Morgan fingerprint density at radius 2 is 1.67 bits per heavy atom. The summed E-state index contributed by atoms with van der Waals surface area (Å²) in [6.45, 7) is 3.23. The highest BCUT2D eigenvalue weighted by atomic mass is 16.6. The van der Waals surface area contributed by atoms with E-state index in [2.05, 4.69) is 4.74 Å². The van der Waals surface area contributed by atoms with Gasteiger partial charge in [-0.2, -0.15) is 0 Å². The highest BCUT2D eigenvalue weighted by Crippen LogP contribution is 2.04. The molecule has 0 radical (unpaired) electrons. The van der Waals surface area contributed by atoms with E-state index in [0.717, 1.165) is 0 Å². The van der Waals surface area contributed by atoms with Gasteiger partial charge in [-0.15, -0.1) is 0 Å². The number of hydrogen-bond donors (Lipinski definition) is 3. The molecular formula is C9H18N2O4. The van der Waals surface area contributed by atoms with Gasteiger partial charge in [0.05, 0.1) is 6.61 Å². The molecule has 0 aliphatic carbocycles. The third-order valence-electron chi connectivity index (χ3n) is 1.73. The van der Waals surface area contributed by atoms with E-state index < -0.39 is 30.6 Å². The Bertz CT molecular complexity index is 230. The molecule has 0 amide bonds. The van der Waals surface area contributed by atoms with Crippen LogP contribution < -0.4 is 11.5 Å². The summed E-state index contributed by atoms with van der Waals surface area (Å²) in [5.74, 6) is -1.53. The number of carbonyl (C=O) groups excluding carboxylic acids is 2. The van der Waals surface area contributed by atoms with Crippen LogP contribution in [0.2, 0.25) is 0 Å². The van der Waals surface area contributed by atoms with Crippen LogP contribution in [-0.2, 0) is 14.3 Å². The molecular weight excluding hydrogens is 200 g/mol. The van der Waals surface area contributed by atoms with Crippen molar-refractivity contribution in [3.8, 4) is 0 Å². The molecule has 0 aliphatic rings. The largest absolute Gasteiger partial charge is 0.394 e. The van der Waals surface area contributed by atoms with Crippen molar-refractivity contribution in [1.82, 2.24) is 0 Å². The van der Waals surface area contributed by atoms with E-state index in [1.54, 1.807) is 0 Å². The Morgan fingerprint density at radius 3 is 2.07 bits per heavy atom. The zero-order valence-electron chi connectivity index (χ0n) is 8.97. The normalized spacial score (nSPS) is 14.8. The summed E-state index contributed by atoms with van der Waals surface area (Å²) in [5.41, 5.74) is 10.6. The van der Waals surface area contributed by atoms with Gasteiger partial charge in [0.1, 0.15) is 12.1 Å². The smallest absolute Gasteiger partial charge is 0.332 e. The van der Waals surface area contributed by atoms with E-state index in [1.807, 2.05) is 13.8 Å². The highest BCUT2D eigenvalue weighted by Gasteiger charge is 2.23. The molecule has 0 aliphatic heterocycles. The molecule has 0 saturated carbocycles. The Labute approximate surface area is 88.6 Å². The van der Waals surface area contributed by atoms with Gasteiger partial charge in [-0.3, -0.25) is 0 Å². The average Bonchev–Trinajstić information content (AvgIpc) is 2.15. The first-order valence-corrected chi connectivity index (χ1v) is 4.76. The van der Waals surface area contributed by atoms with E-state index in [0.29, 0.717) is 6.42 Å². The van der Waals surface area contributed by atoms with Crippen molar-refractivity contribution in [1.29, 1.82) is 0 Å². The maximum atomic E-state index is 11.2. The second kappa shape index (κ2) is 6.49. The van der Waals surface area contributed by atoms with Gasteiger partial charge in [0.2, 0.25) is 0 Å². The molecule has 0 fully saturated rings. The quantitative estimate of drug-likeness (QED) is 0.392. The van der Waals surface area contributed by atoms with Gasteiger partial charge < -0.3 is 21.3 Å². The number of rotatable bonds is 5. The lowest BCUT2D eigenvalue weighted by Gasteiger charge is -2.13. The molecule has 0 aromatic heterocycles. The first-order valence-electron chi connectivity index (χ1n) is 4.76. The third kappa shape index (κ3) is 5.46. The van der Waals surface area contributed by atoms with Gasteiger partial charge in [-0.25, -0.2) is 9.59 Å². The number of aliphatic hydroxyl groups excluding tert-OH is 1. The van der Waals surface area contributed by atoms with E-state index in [4.69, 9.17) is 16.6 Å². The standard InChI is InChI=1S/C9H18N2O4/c1-5(2)3-6(10)8(13)15-9(14)7(11)4-12/h5-7,12H,3-4,10-11H2,1-2H3/t6-,7-/m0/s1. The average molecular weight is 218 g/mol. The molecule has 15 heavy (non-hydrogen) atoms. The van der Waals surface area contributed by atoms with Crippen molar-refractivity contribution in [3.05, 3.63) is 0 Å². The number of esters is 2. The maximum absolute atomic E-state index is 11.2. The van der Waals surface area contributed by atoms with Gasteiger partial charge in [0.15, 0.2) is 0 Å². The maximum Gasteiger partial charge on any atom is 0.332 e. The zero-order chi connectivity index (χ0) is 12.0. The molecule has 88 valence electrons. The van der Waals surface area contributed by atoms with Crippen LogP contribution in [0.5, 0.6) is 0 Å². The molecule has 6 nitrogen and oxygen atoms in total. The van der Waals surface area contributed by atoms with Gasteiger partial charge in [-0.05, 0) is 12.3 Å². The van der Waals surface area contributed by atoms with Crippen molar-refractivity contribution >= 4 is 11.9 Å². The molecule has 0 aromatic rings. The summed E-state index contributed by atoms with van der Waals surface area (Å²) < 4.78 is 4.38. The minimum atomic E-state index is -1.19. The van der Waals surface area contributed by atoms with E-state index in [-0.39, 0.29) is 5.92 Å². The van der Waals surface area contributed by atoms with E-state index in [9.17, 15) is 9.59 Å². The molecule has 0 bridgehead atoms. The van der Waals surface area contributed by atoms with Crippen LogP contribution in [0, 0.1) is 5.92 Å². The van der Waals surface area contributed by atoms with Crippen LogP contribution in [0.4, 0.5) is 0 Å². The molecule has 0 heterocycles. The predicted octanol–water partition coefficient (Wildman–Crippen LogP) is -1.25. The van der Waals surface area contributed by atoms with Gasteiger partial charge in [0, 0.05) is 0 Å². The van der Waals surface area contributed by atoms with Gasteiger partial charge >= 0.3 is 11.9 Å². The number of hydrogen-bond acceptors (Lipinski definition) is 6. The van der Waals surface area contributed by atoms with Crippen molar-refractivity contribution in [2.45, 2.75) is 32.4 Å². The van der Waals surface area contributed by atoms with Gasteiger partial charge in [0.25, 0.3) is 0 Å². The molecule has 0 unspecified atom stereocenters. The lowest BCUT2D eigenvalue weighted by molar-refractivity contribution is -0.162. The lowest BCUT2D eigenvalue weighted by atomic mass is 10.1. The summed E-state index contributed by atoms with van der Waals surface area (Å²) in [6, 6.07) is -2.03. The minimum Gasteiger partial charge on any atom is -0.394 e. The fourth-order valence-corrected chi connectivity index (χ4v) is 0.929. The van der Waals surface area contributed by atoms with Crippen LogP contribution in [-0.4, -0.2) is 35.7 Å². The summed E-state index contributed by atoms with van der Waals surface area (Å²) in [4.78, 5) is 22.2. The topological polar surface area (TPSA) is 116 Å². The van der Waals surface area contributed by atoms with Crippen LogP contribution in [0.1, 0.15) is 20.3 Å². The molecule has 2 atom stereocenters. The second-order valence-corrected chi connectivity index (χ2v) is 3.77. The Hall–Kier alpha value is -0.980. The fourth-order valence-electron chi connectivity index (χ4n) is 0.929. The molecule has 0 rings (SSSR count). The number of aliphatic hydroxyl groups is 1. The second-order valence-electron chi connectivity index (χ2n) is 3.77. The molecule has 0 aromatic carbocycles. The highest BCUT2D eigenvalue weighted by molar-refractivity contribution is 5.90. The SMILES string of the molecule is CC(C)C[C@H](N)C(=O)OC(=O)[C@@H](N)CO. The molecule has 6 heteroatoms. The number of carbonyl (C=O) groups is 2. The first-order chi connectivity index (χ1) is 6.88. The fraction of sp³-hybridized carbons (Fsp3) is 0.778. The monoisotopic (exact) mass is 218 g/mol. The molecule has 0 spiro atoms. The van der Waals surface area contributed by atoms with Crippen LogP contribution in [0.15, 0.2) is 0 Å². The summed E-state index contributed by atoms with van der Waals surface area (Å²) in [6.07, 6.45) is 0.431. The van der Waals surface area contributed by atoms with Crippen LogP contribution >= 0.6 is 0 Å². The Morgan fingerprint density at radius 1 is 1.20 bits per heavy atom. The summed E-state index contributed by atoms with van der Waals surface area (Å²) in [5, 5.41) is 8.53. The first kappa shape index (κ1) is 14.0. The van der Waals surface area contributed by atoms with Crippen molar-refractivity contribution in [2.24, 2.45) is 17.4 Å². The Balaban J connectivity index is 4.07. The minimum absolute atomic E-state index is 0.231. The third-order valence-corrected chi connectivity index (χ3v) is 1.73. The van der Waals surface area contributed by atoms with Crippen LogP contribution in [0.3, 0.4) is 0 Å². The predicted molar refractivity (Wildman–Crippen MR) is 53.6 cm³/mol. The van der Waals surface area contributed by atoms with Crippen LogP contribution in [0.25, 0.3) is 0 Å². The van der Waals surface area contributed by atoms with Crippen molar-refractivity contribution < 1.29 is 19.4 Å².